The minimum atomic E-state index is 0.642. The predicted molar refractivity (Wildman–Crippen MR) is 53.9 cm³/mol. The van der Waals surface area contributed by atoms with E-state index in [4.69, 9.17) is 0 Å². The van der Waals surface area contributed by atoms with Gasteiger partial charge < -0.3 is 4.90 Å². The highest BCUT2D eigenvalue weighted by Crippen LogP contribution is 2.24. The number of allylic oxidation sites excluding steroid dienone is 1. The zero-order valence-electron chi connectivity index (χ0n) is 8.64. The maximum Gasteiger partial charge on any atom is 0.0175 e. The molecule has 1 aliphatic rings. The summed E-state index contributed by atoms with van der Waals surface area (Å²) in [6.45, 7) is 13.5. The first-order valence-electron chi connectivity index (χ1n) is 5.06. The highest BCUT2D eigenvalue weighted by Gasteiger charge is 2.19. The van der Waals surface area contributed by atoms with Crippen molar-refractivity contribution in [3.63, 3.8) is 0 Å². The Morgan fingerprint density at radius 2 is 1.67 bits per heavy atom. The zero-order valence-corrected chi connectivity index (χ0v) is 8.64. The van der Waals surface area contributed by atoms with Crippen molar-refractivity contribution >= 4 is 0 Å². The Kier molecular flexibility index (Phi) is 3.19. The van der Waals surface area contributed by atoms with Crippen molar-refractivity contribution in [2.45, 2.75) is 33.6 Å². The van der Waals surface area contributed by atoms with Gasteiger partial charge in [0, 0.05) is 18.8 Å². The first kappa shape index (κ1) is 9.63. The van der Waals surface area contributed by atoms with Crippen molar-refractivity contribution in [1.29, 1.82) is 0 Å². The van der Waals surface area contributed by atoms with Gasteiger partial charge in [0.15, 0.2) is 0 Å². The van der Waals surface area contributed by atoms with Gasteiger partial charge in [-0.05, 0) is 24.7 Å². The molecule has 0 aromatic carbocycles. The van der Waals surface area contributed by atoms with Crippen LogP contribution in [0.1, 0.15) is 33.6 Å². The lowest BCUT2D eigenvalue weighted by Crippen LogP contribution is -2.24. The standard InChI is InChI=1S/C11H21N/c1-9(2)10(3)11(4)12-7-5-6-8-12/h9-10H,4-8H2,1-3H3/t10-/m0/s1. The molecule has 1 heterocycles. The second-order valence-electron chi connectivity index (χ2n) is 4.22. The van der Waals surface area contributed by atoms with E-state index in [0.717, 1.165) is 5.92 Å². The Bertz CT molecular complexity index is 150. The third-order valence-electron chi connectivity index (χ3n) is 3.04. The molecule has 0 bridgehead atoms. The molecule has 1 saturated heterocycles. The normalized spacial score (nSPS) is 20.2. The lowest BCUT2D eigenvalue weighted by atomic mass is 9.94. The first-order valence-corrected chi connectivity index (χ1v) is 5.06. The van der Waals surface area contributed by atoms with Crippen LogP contribution in [0.5, 0.6) is 0 Å². The van der Waals surface area contributed by atoms with Crippen molar-refractivity contribution in [2.24, 2.45) is 11.8 Å². The molecule has 0 unspecified atom stereocenters. The summed E-state index contributed by atoms with van der Waals surface area (Å²) in [4.78, 5) is 2.45. The summed E-state index contributed by atoms with van der Waals surface area (Å²) in [5.41, 5.74) is 1.35. The van der Waals surface area contributed by atoms with Crippen LogP contribution in [0.25, 0.3) is 0 Å². The zero-order chi connectivity index (χ0) is 9.14. The predicted octanol–water partition coefficient (Wildman–Crippen LogP) is 2.89. The molecule has 0 N–H and O–H groups in total. The van der Waals surface area contributed by atoms with Gasteiger partial charge in [-0.1, -0.05) is 27.4 Å². The maximum absolute atomic E-state index is 4.18. The molecule has 1 atom stereocenters. The van der Waals surface area contributed by atoms with Crippen molar-refractivity contribution < 1.29 is 0 Å². The molecule has 0 aromatic heterocycles. The van der Waals surface area contributed by atoms with Crippen LogP contribution in [0, 0.1) is 11.8 Å². The number of nitrogens with zero attached hydrogens (tertiary/aromatic N) is 1. The van der Waals surface area contributed by atoms with Gasteiger partial charge in [-0.15, -0.1) is 0 Å². The SMILES string of the molecule is C=C([C@@H](C)C(C)C)N1CCCC1. The third kappa shape index (κ3) is 2.02. The van der Waals surface area contributed by atoms with Gasteiger partial charge in [-0.25, -0.2) is 0 Å². The molecule has 1 heteroatoms. The summed E-state index contributed by atoms with van der Waals surface area (Å²) in [6, 6.07) is 0. The van der Waals surface area contributed by atoms with Gasteiger partial charge in [0.2, 0.25) is 0 Å². The van der Waals surface area contributed by atoms with Gasteiger partial charge in [0.25, 0.3) is 0 Å². The van der Waals surface area contributed by atoms with Crippen LogP contribution in [0.3, 0.4) is 0 Å². The number of hydrogen-bond donors (Lipinski definition) is 0. The molecule has 1 fully saturated rings. The van der Waals surface area contributed by atoms with E-state index < -0.39 is 0 Å². The summed E-state index contributed by atoms with van der Waals surface area (Å²) < 4.78 is 0. The summed E-state index contributed by atoms with van der Waals surface area (Å²) in [5.74, 6) is 1.36. The first-order chi connectivity index (χ1) is 5.63. The number of rotatable bonds is 3. The fourth-order valence-electron chi connectivity index (χ4n) is 1.68. The summed E-state index contributed by atoms with van der Waals surface area (Å²) in [5, 5.41) is 0. The summed E-state index contributed by atoms with van der Waals surface area (Å²) in [7, 11) is 0. The van der Waals surface area contributed by atoms with Crippen molar-refractivity contribution in [1.82, 2.24) is 4.90 Å². The van der Waals surface area contributed by atoms with Crippen LogP contribution >= 0.6 is 0 Å². The van der Waals surface area contributed by atoms with Crippen LogP contribution in [-0.2, 0) is 0 Å². The topological polar surface area (TPSA) is 3.24 Å². The molecule has 0 spiro atoms. The molecule has 0 aliphatic carbocycles. The Labute approximate surface area is 76.5 Å². The fraction of sp³-hybridized carbons (Fsp3) is 0.818. The van der Waals surface area contributed by atoms with E-state index in [1.807, 2.05) is 0 Å². The van der Waals surface area contributed by atoms with Gasteiger partial charge in [0.05, 0.1) is 0 Å². The molecule has 0 aromatic rings. The third-order valence-corrected chi connectivity index (χ3v) is 3.04. The molecule has 1 rings (SSSR count). The van der Waals surface area contributed by atoms with Crippen LogP contribution in [0.2, 0.25) is 0 Å². The second-order valence-corrected chi connectivity index (χ2v) is 4.22. The highest BCUT2D eigenvalue weighted by atomic mass is 15.1. The van der Waals surface area contributed by atoms with Gasteiger partial charge in [-0.3, -0.25) is 0 Å². The van der Waals surface area contributed by atoms with E-state index in [9.17, 15) is 0 Å². The molecule has 0 amide bonds. The van der Waals surface area contributed by atoms with Crippen LogP contribution in [0.4, 0.5) is 0 Å². The van der Waals surface area contributed by atoms with E-state index >= 15 is 0 Å². The molecular formula is C11H21N. The Morgan fingerprint density at radius 3 is 2.08 bits per heavy atom. The van der Waals surface area contributed by atoms with Crippen molar-refractivity contribution in [2.75, 3.05) is 13.1 Å². The molecule has 1 aliphatic heterocycles. The minimum Gasteiger partial charge on any atom is -0.375 e. The molecule has 0 saturated carbocycles. The maximum atomic E-state index is 4.18. The highest BCUT2D eigenvalue weighted by molar-refractivity contribution is 5.01. The van der Waals surface area contributed by atoms with E-state index in [1.165, 1.54) is 31.6 Å². The Balaban J connectivity index is 2.45. The lowest BCUT2D eigenvalue weighted by molar-refractivity contribution is 0.330. The average molecular weight is 167 g/mol. The van der Waals surface area contributed by atoms with Crippen LogP contribution in [-0.4, -0.2) is 18.0 Å². The van der Waals surface area contributed by atoms with Crippen LogP contribution < -0.4 is 0 Å². The minimum absolute atomic E-state index is 0.642. The van der Waals surface area contributed by atoms with Gasteiger partial charge >= 0.3 is 0 Å². The largest absolute Gasteiger partial charge is 0.375 e. The fourth-order valence-corrected chi connectivity index (χ4v) is 1.68. The lowest BCUT2D eigenvalue weighted by Gasteiger charge is -2.27. The molecule has 70 valence electrons. The van der Waals surface area contributed by atoms with Crippen LogP contribution in [0.15, 0.2) is 12.3 Å². The van der Waals surface area contributed by atoms with Crippen molar-refractivity contribution in [3.8, 4) is 0 Å². The molecule has 12 heavy (non-hydrogen) atoms. The number of hydrogen-bond acceptors (Lipinski definition) is 1. The average Bonchev–Trinajstić information content (AvgIpc) is 2.53. The van der Waals surface area contributed by atoms with E-state index in [1.54, 1.807) is 0 Å². The van der Waals surface area contributed by atoms with E-state index in [0.29, 0.717) is 5.92 Å². The molecular weight excluding hydrogens is 146 g/mol. The monoisotopic (exact) mass is 167 g/mol. The van der Waals surface area contributed by atoms with E-state index in [-0.39, 0.29) is 0 Å². The van der Waals surface area contributed by atoms with E-state index in [2.05, 4.69) is 32.3 Å². The molecule has 1 nitrogen and oxygen atoms in total. The van der Waals surface area contributed by atoms with Crippen molar-refractivity contribution in [3.05, 3.63) is 12.3 Å². The second kappa shape index (κ2) is 3.97. The smallest absolute Gasteiger partial charge is 0.0175 e. The number of likely N-dealkylation sites (tertiary alicyclic amines) is 1. The summed E-state index contributed by atoms with van der Waals surface area (Å²) in [6.07, 6.45) is 2.70. The quantitative estimate of drug-likeness (QED) is 0.624. The Hall–Kier alpha value is -0.460. The Morgan fingerprint density at radius 1 is 1.17 bits per heavy atom. The molecule has 0 radical (unpaired) electrons. The van der Waals surface area contributed by atoms with Gasteiger partial charge in [0.1, 0.15) is 0 Å². The summed E-state index contributed by atoms with van der Waals surface area (Å²) >= 11 is 0. The van der Waals surface area contributed by atoms with Gasteiger partial charge in [-0.2, -0.15) is 0 Å².